The van der Waals surface area contributed by atoms with Gasteiger partial charge in [-0.3, -0.25) is 9.59 Å². The van der Waals surface area contributed by atoms with Crippen LogP contribution in [0.1, 0.15) is 17.5 Å². The Labute approximate surface area is 146 Å². The molecule has 0 fully saturated rings. The SMILES string of the molecule is COc1ccc(NC(=O)CC(=O)NCc2ccccc2C)cc1Cl. The van der Waals surface area contributed by atoms with Crippen molar-refractivity contribution in [1.29, 1.82) is 0 Å². The molecule has 2 amide bonds. The van der Waals surface area contributed by atoms with E-state index in [1.807, 2.05) is 31.2 Å². The van der Waals surface area contributed by atoms with Gasteiger partial charge in [0.05, 0.1) is 12.1 Å². The molecule has 6 heteroatoms. The number of amides is 2. The number of rotatable bonds is 6. The molecule has 0 aromatic heterocycles. The van der Waals surface area contributed by atoms with Gasteiger partial charge in [0.2, 0.25) is 11.8 Å². The van der Waals surface area contributed by atoms with Crippen LogP contribution in [0.2, 0.25) is 5.02 Å². The summed E-state index contributed by atoms with van der Waals surface area (Å²) < 4.78 is 5.04. The minimum absolute atomic E-state index is 0.254. The van der Waals surface area contributed by atoms with Gasteiger partial charge in [0.25, 0.3) is 0 Å². The lowest BCUT2D eigenvalue weighted by molar-refractivity contribution is -0.126. The summed E-state index contributed by atoms with van der Waals surface area (Å²) in [6.07, 6.45) is -0.254. The van der Waals surface area contributed by atoms with E-state index in [1.165, 1.54) is 7.11 Å². The third-order valence-electron chi connectivity index (χ3n) is 3.49. The van der Waals surface area contributed by atoms with Crippen LogP contribution in [0.3, 0.4) is 0 Å². The van der Waals surface area contributed by atoms with Crippen LogP contribution in [0.5, 0.6) is 5.75 Å². The molecule has 0 aliphatic rings. The average Bonchev–Trinajstić information content (AvgIpc) is 2.54. The van der Waals surface area contributed by atoms with Gasteiger partial charge in [-0.05, 0) is 36.2 Å². The van der Waals surface area contributed by atoms with Crippen molar-refractivity contribution in [3.05, 3.63) is 58.6 Å². The molecule has 126 valence electrons. The molecular formula is C18H19ClN2O3. The number of aryl methyl sites for hydroxylation is 1. The standard InChI is InChI=1S/C18H19ClN2O3/c1-12-5-3-4-6-13(12)11-20-17(22)10-18(23)21-14-7-8-16(24-2)15(19)9-14/h3-9H,10-11H2,1-2H3,(H,20,22)(H,21,23). The number of anilines is 1. The topological polar surface area (TPSA) is 67.4 Å². The summed E-state index contributed by atoms with van der Waals surface area (Å²) in [6.45, 7) is 2.37. The highest BCUT2D eigenvalue weighted by Gasteiger charge is 2.11. The van der Waals surface area contributed by atoms with Crippen LogP contribution in [0.15, 0.2) is 42.5 Å². The van der Waals surface area contributed by atoms with Crippen LogP contribution in [0.4, 0.5) is 5.69 Å². The van der Waals surface area contributed by atoms with Crippen LogP contribution < -0.4 is 15.4 Å². The third-order valence-corrected chi connectivity index (χ3v) is 3.79. The van der Waals surface area contributed by atoms with Crippen molar-refractivity contribution in [1.82, 2.24) is 5.32 Å². The third kappa shape index (κ3) is 4.99. The first kappa shape index (κ1) is 17.8. The molecule has 0 atom stereocenters. The van der Waals surface area contributed by atoms with E-state index in [-0.39, 0.29) is 12.3 Å². The first-order chi connectivity index (χ1) is 11.5. The van der Waals surface area contributed by atoms with E-state index in [2.05, 4.69) is 10.6 Å². The summed E-state index contributed by atoms with van der Waals surface area (Å²) in [5.41, 5.74) is 2.63. The van der Waals surface area contributed by atoms with Gasteiger partial charge in [-0.2, -0.15) is 0 Å². The van der Waals surface area contributed by atoms with Gasteiger partial charge in [0.15, 0.2) is 0 Å². The molecule has 0 spiro atoms. The molecule has 0 saturated heterocycles. The number of hydrogen-bond donors (Lipinski definition) is 2. The Kier molecular flexibility index (Phi) is 6.21. The highest BCUT2D eigenvalue weighted by molar-refractivity contribution is 6.32. The predicted molar refractivity (Wildman–Crippen MR) is 94.3 cm³/mol. The largest absolute Gasteiger partial charge is 0.495 e. The molecule has 2 rings (SSSR count). The Morgan fingerprint density at radius 3 is 2.54 bits per heavy atom. The second-order valence-corrected chi connectivity index (χ2v) is 5.68. The molecule has 2 N–H and O–H groups in total. The quantitative estimate of drug-likeness (QED) is 0.788. The van der Waals surface area contributed by atoms with Crippen LogP contribution in [0, 0.1) is 6.92 Å². The Bertz CT molecular complexity index is 747. The van der Waals surface area contributed by atoms with E-state index in [1.54, 1.807) is 18.2 Å². The van der Waals surface area contributed by atoms with E-state index < -0.39 is 5.91 Å². The monoisotopic (exact) mass is 346 g/mol. The maximum Gasteiger partial charge on any atom is 0.233 e. The van der Waals surface area contributed by atoms with Crippen LogP contribution in [-0.4, -0.2) is 18.9 Å². The van der Waals surface area contributed by atoms with E-state index in [4.69, 9.17) is 16.3 Å². The molecule has 0 unspecified atom stereocenters. The molecule has 2 aromatic rings. The molecule has 24 heavy (non-hydrogen) atoms. The lowest BCUT2D eigenvalue weighted by atomic mass is 10.1. The summed E-state index contributed by atoms with van der Waals surface area (Å²) in [6, 6.07) is 12.6. The van der Waals surface area contributed by atoms with Gasteiger partial charge < -0.3 is 15.4 Å². The zero-order chi connectivity index (χ0) is 17.5. The first-order valence-corrected chi connectivity index (χ1v) is 7.82. The molecule has 0 aliphatic heterocycles. The Balaban J connectivity index is 1.84. The Morgan fingerprint density at radius 1 is 1.12 bits per heavy atom. The van der Waals surface area contributed by atoms with Gasteiger partial charge >= 0.3 is 0 Å². The van der Waals surface area contributed by atoms with Gasteiger partial charge in [-0.1, -0.05) is 35.9 Å². The molecule has 2 aromatic carbocycles. The van der Waals surface area contributed by atoms with Crippen LogP contribution >= 0.6 is 11.6 Å². The minimum atomic E-state index is -0.404. The molecule has 0 saturated carbocycles. The maximum atomic E-state index is 11.9. The molecule has 0 bridgehead atoms. The number of ether oxygens (including phenoxy) is 1. The molecule has 0 heterocycles. The van der Waals surface area contributed by atoms with Gasteiger partial charge in [-0.25, -0.2) is 0 Å². The summed E-state index contributed by atoms with van der Waals surface area (Å²) in [5, 5.41) is 5.76. The molecular weight excluding hydrogens is 328 g/mol. The zero-order valence-corrected chi connectivity index (χ0v) is 14.3. The second kappa shape index (κ2) is 8.36. The Hall–Kier alpha value is -2.53. The molecule has 0 radical (unpaired) electrons. The number of carbonyl (C=O) groups is 2. The summed E-state index contributed by atoms with van der Waals surface area (Å²) in [5.74, 6) is -0.223. The van der Waals surface area contributed by atoms with Crippen LogP contribution in [0.25, 0.3) is 0 Å². The van der Waals surface area contributed by atoms with Crippen molar-refractivity contribution in [2.75, 3.05) is 12.4 Å². The van der Waals surface area contributed by atoms with Gasteiger partial charge in [-0.15, -0.1) is 0 Å². The highest BCUT2D eigenvalue weighted by atomic mass is 35.5. The maximum absolute atomic E-state index is 11.9. The number of benzene rings is 2. The van der Waals surface area contributed by atoms with Crippen molar-refractivity contribution in [3.8, 4) is 5.75 Å². The fraction of sp³-hybridized carbons (Fsp3) is 0.222. The first-order valence-electron chi connectivity index (χ1n) is 7.44. The van der Waals surface area contributed by atoms with Crippen molar-refractivity contribution in [2.45, 2.75) is 19.9 Å². The van der Waals surface area contributed by atoms with Crippen LogP contribution in [-0.2, 0) is 16.1 Å². The number of hydrogen-bond acceptors (Lipinski definition) is 3. The number of carbonyl (C=O) groups excluding carboxylic acids is 2. The van der Waals surface area contributed by atoms with E-state index in [0.29, 0.717) is 23.0 Å². The lowest BCUT2D eigenvalue weighted by Crippen LogP contribution is -2.28. The number of halogens is 1. The summed E-state index contributed by atoms with van der Waals surface area (Å²) in [7, 11) is 1.51. The highest BCUT2D eigenvalue weighted by Crippen LogP contribution is 2.27. The van der Waals surface area contributed by atoms with Crippen molar-refractivity contribution in [2.24, 2.45) is 0 Å². The fourth-order valence-electron chi connectivity index (χ4n) is 2.16. The lowest BCUT2D eigenvalue weighted by Gasteiger charge is -2.09. The number of nitrogens with one attached hydrogen (secondary N) is 2. The molecule has 0 aliphatic carbocycles. The van der Waals surface area contributed by atoms with Crippen molar-refractivity contribution >= 4 is 29.1 Å². The number of methoxy groups -OCH3 is 1. The normalized spacial score (nSPS) is 10.1. The summed E-state index contributed by atoms with van der Waals surface area (Å²) >= 11 is 6.00. The van der Waals surface area contributed by atoms with E-state index >= 15 is 0 Å². The minimum Gasteiger partial charge on any atom is -0.495 e. The molecule has 5 nitrogen and oxygen atoms in total. The Morgan fingerprint density at radius 2 is 1.88 bits per heavy atom. The zero-order valence-electron chi connectivity index (χ0n) is 13.6. The van der Waals surface area contributed by atoms with E-state index in [9.17, 15) is 9.59 Å². The fourth-order valence-corrected chi connectivity index (χ4v) is 2.42. The average molecular weight is 347 g/mol. The second-order valence-electron chi connectivity index (χ2n) is 5.28. The van der Waals surface area contributed by atoms with Crippen molar-refractivity contribution < 1.29 is 14.3 Å². The smallest absolute Gasteiger partial charge is 0.233 e. The summed E-state index contributed by atoms with van der Waals surface area (Å²) in [4.78, 5) is 23.8. The predicted octanol–water partition coefficient (Wildman–Crippen LogP) is 3.30. The van der Waals surface area contributed by atoms with Crippen molar-refractivity contribution in [3.63, 3.8) is 0 Å². The van der Waals surface area contributed by atoms with Gasteiger partial charge in [0, 0.05) is 12.2 Å². The van der Waals surface area contributed by atoms with E-state index in [0.717, 1.165) is 11.1 Å². The van der Waals surface area contributed by atoms with Gasteiger partial charge in [0.1, 0.15) is 12.2 Å².